The van der Waals surface area contributed by atoms with Gasteiger partial charge < -0.3 is 9.84 Å². The molecule has 0 aliphatic heterocycles. The molecule has 1 N–H and O–H groups in total. The maximum atomic E-state index is 13.1. The summed E-state index contributed by atoms with van der Waals surface area (Å²) in [6, 6.07) is 18.1. The highest BCUT2D eigenvalue weighted by molar-refractivity contribution is 6.07. The van der Waals surface area contributed by atoms with Gasteiger partial charge in [-0.1, -0.05) is 23.4 Å². The van der Waals surface area contributed by atoms with Crippen LogP contribution in [0, 0.1) is 12.7 Å². The number of hydrogen-bond donors (Lipinski definition) is 1. The fourth-order valence-corrected chi connectivity index (χ4v) is 2.71. The molecule has 28 heavy (non-hydrogen) atoms. The Labute approximate surface area is 160 Å². The molecule has 0 unspecified atom stereocenters. The van der Waals surface area contributed by atoms with Crippen LogP contribution in [0.2, 0.25) is 0 Å². The number of nitrogens with one attached hydrogen (secondary N) is 1. The quantitative estimate of drug-likeness (QED) is 0.569. The molecule has 0 saturated carbocycles. The van der Waals surface area contributed by atoms with Gasteiger partial charge in [0.1, 0.15) is 11.6 Å². The van der Waals surface area contributed by atoms with Gasteiger partial charge in [0.2, 0.25) is 5.82 Å². The number of amides is 1. The summed E-state index contributed by atoms with van der Waals surface area (Å²) in [6.07, 6.45) is 0. The van der Waals surface area contributed by atoms with Gasteiger partial charge in [-0.2, -0.15) is 4.98 Å². The molecule has 2 aromatic heterocycles. The molecule has 1 amide bonds. The summed E-state index contributed by atoms with van der Waals surface area (Å²) in [6.45, 7) is 1.85. The van der Waals surface area contributed by atoms with Crippen molar-refractivity contribution in [3.8, 4) is 22.8 Å². The number of halogens is 1. The number of nitrogens with zero attached hydrogens (tertiary/aromatic N) is 3. The van der Waals surface area contributed by atoms with Gasteiger partial charge in [0, 0.05) is 11.3 Å². The van der Waals surface area contributed by atoms with Gasteiger partial charge >= 0.3 is 0 Å². The minimum absolute atomic E-state index is 0.197. The van der Waals surface area contributed by atoms with Crippen molar-refractivity contribution in [3.63, 3.8) is 0 Å². The number of benzene rings is 2. The first-order valence-electron chi connectivity index (χ1n) is 8.54. The first kappa shape index (κ1) is 17.5. The monoisotopic (exact) mass is 374 g/mol. The van der Waals surface area contributed by atoms with Gasteiger partial charge in [0.15, 0.2) is 0 Å². The molecule has 4 rings (SSSR count). The number of aryl methyl sites for hydroxylation is 1. The van der Waals surface area contributed by atoms with Crippen LogP contribution in [-0.4, -0.2) is 21.0 Å². The van der Waals surface area contributed by atoms with E-state index in [4.69, 9.17) is 4.52 Å². The fourth-order valence-electron chi connectivity index (χ4n) is 2.71. The summed E-state index contributed by atoms with van der Waals surface area (Å²) in [7, 11) is 0. The lowest BCUT2D eigenvalue weighted by Gasteiger charge is -2.07. The molecule has 0 aliphatic rings. The van der Waals surface area contributed by atoms with Gasteiger partial charge in [-0.3, -0.25) is 4.79 Å². The van der Waals surface area contributed by atoms with E-state index in [1.54, 1.807) is 42.5 Å². The lowest BCUT2D eigenvalue weighted by molar-refractivity contribution is 0.102. The zero-order valence-electron chi connectivity index (χ0n) is 14.9. The van der Waals surface area contributed by atoms with E-state index in [1.165, 1.54) is 12.1 Å². The first-order chi connectivity index (χ1) is 13.6. The van der Waals surface area contributed by atoms with E-state index >= 15 is 0 Å². The molecule has 0 atom stereocenters. The summed E-state index contributed by atoms with van der Waals surface area (Å²) in [5.74, 6) is 0.277. The fraction of sp³-hybridized carbons (Fsp3) is 0.0476. The number of anilines is 1. The number of carbonyl (C=O) groups is 1. The van der Waals surface area contributed by atoms with Crippen LogP contribution >= 0.6 is 0 Å². The van der Waals surface area contributed by atoms with E-state index in [-0.39, 0.29) is 17.6 Å². The second-order valence-electron chi connectivity index (χ2n) is 6.09. The minimum Gasteiger partial charge on any atom is -0.334 e. The van der Waals surface area contributed by atoms with Crippen LogP contribution in [0.4, 0.5) is 10.2 Å². The molecule has 0 aliphatic carbocycles. The lowest BCUT2D eigenvalue weighted by Crippen LogP contribution is -2.14. The van der Waals surface area contributed by atoms with Crippen LogP contribution in [0.3, 0.4) is 0 Å². The van der Waals surface area contributed by atoms with Gasteiger partial charge in [-0.15, -0.1) is 0 Å². The Bertz CT molecular complexity index is 1140. The molecule has 0 bridgehead atoms. The molecule has 0 spiro atoms. The van der Waals surface area contributed by atoms with Gasteiger partial charge in [0.05, 0.1) is 11.1 Å². The Balaban J connectivity index is 1.65. The molecule has 2 heterocycles. The number of rotatable bonds is 4. The molecule has 138 valence electrons. The lowest BCUT2D eigenvalue weighted by atomic mass is 10.1. The van der Waals surface area contributed by atoms with E-state index in [0.717, 1.165) is 5.69 Å². The largest absolute Gasteiger partial charge is 0.334 e. The molecular formula is C21H15FN4O2. The second-order valence-corrected chi connectivity index (χ2v) is 6.09. The van der Waals surface area contributed by atoms with Gasteiger partial charge in [0.25, 0.3) is 11.8 Å². The molecular weight excluding hydrogens is 359 g/mol. The maximum absolute atomic E-state index is 13.1. The van der Waals surface area contributed by atoms with Crippen LogP contribution in [-0.2, 0) is 0 Å². The van der Waals surface area contributed by atoms with Crippen molar-refractivity contribution in [3.05, 3.63) is 83.8 Å². The zero-order chi connectivity index (χ0) is 19.5. The maximum Gasteiger partial charge on any atom is 0.259 e. The predicted octanol–water partition coefficient (Wildman–Crippen LogP) is 4.50. The minimum atomic E-state index is -0.348. The summed E-state index contributed by atoms with van der Waals surface area (Å²) in [5.41, 5.74) is 2.28. The summed E-state index contributed by atoms with van der Waals surface area (Å²) in [4.78, 5) is 21.4. The molecule has 2 aromatic carbocycles. The summed E-state index contributed by atoms with van der Waals surface area (Å²) in [5, 5.41) is 6.71. The van der Waals surface area contributed by atoms with Crippen molar-refractivity contribution in [2.75, 3.05) is 5.32 Å². The van der Waals surface area contributed by atoms with Crippen LogP contribution in [0.5, 0.6) is 0 Å². The van der Waals surface area contributed by atoms with Crippen molar-refractivity contribution in [1.82, 2.24) is 15.1 Å². The Morgan fingerprint density at radius 2 is 1.75 bits per heavy atom. The normalized spacial score (nSPS) is 10.6. The third-order valence-corrected chi connectivity index (χ3v) is 4.06. The van der Waals surface area contributed by atoms with Crippen LogP contribution in [0.1, 0.15) is 16.1 Å². The van der Waals surface area contributed by atoms with E-state index in [0.29, 0.717) is 28.3 Å². The summed E-state index contributed by atoms with van der Waals surface area (Å²) >= 11 is 0. The number of hydrogen-bond acceptors (Lipinski definition) is 5. The Kier molecular flexibility index (Phi) is 4.63. The topological polar surface area (TPSA) is 80.9 Å². The average Bonchev–Trinajstić information content (AvgIpc) is 3.18. The number of pyridine rings is 1. The Morgan fingerprint density at radius 3 is 2.54 bits per heavy atom. The third kappa shape index (κ3) is 3.64. The summed E-state index contributed by atoms with van der Waals surface area (Å²) < 4.78 is 18.4. The average molecular weight is 374 g/mol. The van der Waals surface area contributed by atoms with Crippen LogP contribution in [0.25, 0.3) is 22.8 Å². The molecule has 0 saturated heterocycles. The third-order valence-electron chi connectivity index (χ3n) is 4.06. The van der Waals surface area contributed by atoms with E-state index in [9.17, 15) is 9.18 Å². The van der Waals surface area contributed by atoms with Crippen LogP contribution in [0.15, 0.2) is 71.3 Å². The molecule has 0 radical (unpaired) electrons. The molecule has 4 aromatic rings. The van der Waals surface area contributed by atoms with Crippen molar-refractivity contribution in [1.29, 1.82) is 0 Å². The van der Waals surface area contributed by atoms with E-state index < -0.39 is 0 Å². The SMILES string of the molecule is Cc1cccc(NC(=O)c2ccccc2-c2nc(-c3ccc(F)cc3)no2)n1. The van der Waals surface area contributed by atoms with E-state index in [2.05, 4.69) is 20.4 Å². The Morgan fingerprint density at radius 1 is 0.964 bits per heavy atom. The number of carbonyl (C=O) groups excluding carboxylic acids is 1. The van der Waals surface area contributed by atoms with Crippen molar-refractivity contribution in [2.24, 2.45) is 0 Å². The second kappa shape index (κ2) is 7.40. The standard InChI is InChI=1S/C21H15FN4O2/c1-13-5-4-8-18(23-13)24-20(27)16-6-2-3-7-17(16)21-25-19(26-28-21)14-9-11-15(22)12-10-14/h2-12H,1H3,(H,23,24,27). The highest BCUT2D eigenvalue weighted by atomic mass is 19.1. The van der Waals surface area contributed by atoms with Crippen molar-refractivity contribution in [2.45, 2.75) is 6.92 Å². The van der Waals surface area contributed by atoms with Gasteiger partial charge in [-0.25, -0.2) is 9.37 Å². The van der Waals surface area contributed by atoms with Crippen molar-refractivity contribution >= 4 is 11.7 Å². The van der Waals surface area contributed by atoms with Crippen molar-refractivity contribution < 1.29 is 13.7 Å². The smallest absolute Gasteiger partial charge is 0.259 e. The Hall–Kier alpha value is -3.87. The molecule has 7 heteroatoms. The van der Waals surface area contributed by atoms with Gasteiger partial charge in [-0.05, 0) is 55.5 Å². The highest BCUT2D eigenvalue weighted by Crippen LogP contribution is 2.26. The molecule has 0 fully saturated rings. The van der Waals surface area contributed by atoms with E-state index in [1.807, 2.05) is 19.1 Å². The first-order valence-corrected chi connectivity index (χ1v) is 8.54. The number of aromatic nitrogens is 3. The highest BCUT2D eigenvalue weighted by Gasteiger charge is 2.18. The zero-order valence-corrected chi connectivity index (χ0v) is 14.9. The predicted molar refractivity (Wildman–Crippen MR) is 102 cm³/mol. The van der Waals surface area contributed by atoms with Crippen LogP contribution < -0.4 is 5.32 Å². The molecule has 6 nitrogen and oxygen atoms in total.